The van der Waals surface area contributed by atoms with E-state index in [2.05, 4.69) is 0 Å². The highest BCUT2D eigenvalue weighted by atomic mass is 16.4. The summed E-state index contributed by atoms with van der Waals surface area (Å²) in [6, 6.07) is 2.29. The van der Waals surface area contributed by atoms with E-state index in [0.29, 0.717) is 5.56 Å². The Balaban J connectivity index is 3.55. The first-order valence-electron chi connectivity index (χ1n) is 4.53. The Morgan fingerprint density at radius 2 is 1.73 bits per heavy atom. The van der Waals surface area contributed by atoms with E-state index in [1.54, 1.807) is 20.8 Å². The molecule has 0 aliphatic carbocycles. The van der Waals surface area contributed by atoms with Crippen molar-refractivity contribution in [3.63, 3.8) is 0 Å². The largest absolute Gasteiger partial charge is 0.508 e. The fourth-order valence-electron chi connectivity index (χ4n) is 1.57. The Kier molecular flexibility index (Phi) is 2.62. The summed E-state index contributed by atoms with van der Waals surface area (Å²) in [5.74, 6) is -1.61. The van der Waals surface area contributed by atoms with E-state index < -0.39 is 11.4 Å². The lowest BCUT2D eigenvalue weighted by atomic mass is 9.83. The second-order valence-corrected chi connectivity index (χ2v) is 4.44. The molecule has 0 bridgehead atoms. The molecule has 0 atom stereocenters. The molecule has 1 aromatic carbocycles. The van der Waals surface area contributed by atoms with E-state index in [1.165, 1.54) is 0 Å². The zero-order valence-corrected chi connectivity index (χ0v) is 8.90. The second-order valence-electron chi connectivity index (χ2n) is 4.44. The van der Waals surface area contributed by atoms with Gasteiger partial charge in [-0.25, -0.2) is 4.79 Å². The minimum absolute atomic E-state index is 0.0694. The van der Waals surface area contributed by atoms with Gasteiger partial charge >= 0.3 is 5.97 Å². The van der Waals surface area contributed by atoms with Gasteiger partial charge < -0.3 is 15.3 Å². The average Bonchev–Trinajstić information content (AvgIpc) is 1.99. The van der Waals surface area contributed by atoms with E-state index in [9.17, 15) is 15.0 Å². The zero-order valence-electron chi connectivity index (χ0n) is 8.90. The molecule has 0 aliphatic heterocycles. The molecule has 82 valence electrons. The highest BCUT2D eigenvalue weighted by Gasteiger charge is 2.26. The fourth-order valence-corrected chi connectivity index (χ4v) is 1.57. The number of carbonyl (C=O) groups is 1. The topological polar surface area (TPSA) is 77.8 Å². The third kappa shape index (κ3) is 2.21. The molecule has 1 rings (SSSR count). The van der Waals surface area contributed by atoms with Crippen molar-refractivity contribution in [2.45, 2.75) is 26.2 Å². The highest BCUT2D eigenvalue weighted by Crippen LogP contribution is 2.36. The Morgan fingerprint density at radius 1 is 1.20 bits per heavy atom. The maximum absolute atomic E-state index is 11.0. The van der Waals surface area contributed by atoms with Crippen LogP contribution in [0.2, 0.25) is 0 Å². The highest BCUT2D eigenvalue weighted by molar-refractivity contribution is 5.91. The summed E-state index contributed by atoms with van der Waals surface area (Å²) >= 11 is 0. The van der Waals surface area contributed by atoms with Gasteiger partial charge in [-0.1, -0.05) is 20.8 Å². The predicted octanol–water partition coefficient (Wildman–Crippen LogP) is 2.09. The number of aromatic carboxylic acids is 1. The molecule has 0 spiro atoms. The van der Waals surface area contributed by atoms with Crippen LogP contribution in [0, 0.1) is 0 Å². The molecule has 0 unspecified atom stereocenters. The molecule has 0 amide bonds. The summed E-state index contributed by atoms with van der Waals surface area (Å²) in [5.41, 5.74) is -0.237. The van der Waals surface area contributed by atoms with Crippen LogP contribution in [0.4, 0.5) is 0 Å². The third-order valence-corrected chi connectivity index (χ3v) is 2.08. The number of carboxylic acid groups (broad SMARTS) is 1. The number of phenolic OH excluding ortho intramolecular Hbond substituents is 2. The second kappa shape index (κ2) is 3.46. The molecule has 0 aliphatic rings. The van der Waals surface area contributed by atoms with Gasteiger partial charge in [-0.15, -0.1) is 0 Å². The van der Waals surface area contributed by atoms with Gasteiger partial charge in [0.2, 0.25) is 0 Å². The summed E-state index contributed by atoms with van der Waals surface area (Å²) in [5, 5.41) is 27.8. The normalized spacial score (nSPS) is 11.4. The van der Waals surface area contributed by atoms with Crippen molar-refractivity contribution in [1.29, 1.82) is 0 Å². The van der Waals surface area contributed by atoms with Crippen LogP contribution in [-0.4, -0.2) is 21.3 Å². The number of benzene rings is 1. The molecule has 0 saturated heterocycles. The maximum atomic E-state index is 11.0. The van der Waals surface area contributed by atoms with Gasteiger partial charge in [0, 0.05) is 11.6 Å². The van der Waals surface area contributed by atoms with Crippen molar-refractivity contribution < 1.29 is 20.1 Å². The molecule has 0 heterocycles. The van der Waals surface area contributed by atoms with E-state index >= 15 is 0 Å². The Labute approximate surface area is 87.8 Å². The quantitative estimate of drug-likeness (QED) is 0.663. The summed E-state index contributed by atoms with van der Waals surface area (Å²) < 4.78 is 0. The zero-order chi connectivity index (χ0) is 11.8. The van der Waals surface area contributed by atoms with Crippen LogP contribution in [0.5, 0.6) is 11.5 Å². The molecule has 1 aromatic rings. The number of rotatable bonds is 1. The first kappa shape index (κ1) is 11.4. The van der Waals surface area contributed by atoms with Crippen molar-refractivity contribution >= 4 is 5.97 Å². The van der Waals surface area contributed by atoms with E-state index in [0.717, 1.165) is 12.1 Å². The molecular weight excluding hydrogens is 196 g/mol. The summed E-state index contributed by atoms with van der Waals surface area (Å²) in [4.78, 5) is 11.0. The van der Waals surface area contributed by atoms with Gasteiger partial charge in [0.1, 0.15) is 11.5 Å². The number of hydrogen-bond acceptors (Lipinski definition) is 3. The first-order valence-corrected chi connectivity index (χ1v) is 4.53. The molecule has 3 N–H and O–H groups in total. The van der Waals surface area contributed by atoms with Crippen molar-refractivity contribution in [2.75, 3.05) is 0 Å². The maximum Gasteiger partial charge on any atom is 0.336 e. The van der Waals surface area contributed by atoms with Crippen molar-refractivity contribution in [1.82, 2.24) is 0 Å². The summed E-state index contributed by atoms with van der Waals surface area (Å²) in [7, 11) is 0. The lowest BCUT2D eigenvalue weighted by Crippen LogP contribution is -2.17. The third-order valence-electron chi connectivity index (χ3n) is 2.08. The average molecular weight is 210 g/mol. The van der Waals surface area contributed by atoms with E-state index in [-0.39, 0.29) is 17.1 Å². The van der Waals surface area contributed by atoms with Gasteiger partial charge in [-0.05, 0) is 11.5 Å². The Hall–Kier alpha value is -1.71. The molecule has 0 fully saturated rings. The van der Waals surface area contributed by atoms with Gasteiger partial charge in [-0.2, -0.15) is 0 Å². The van der Waals surface area contributed by atoms with Gasteiger partial charge in [0.25, 0.3) is 0 Å². The molecule has 4 nitrogen and oxygen atoms in total. The lowest BCUT2D eigenvalue weighted by molar-refractivity contribution is 0.0693. The summed E-state index contributed by atoms with van der Waals surface area (Å²) in [6.07, 6.45) is 0. The Morgan fingerprint density at radius 3 is 2.13 bits per heavy atom. The van der Waals surface area contributed by atoms with Crippen LogP contribution in [0.25, 0.3) is 0 Å². The van der Waals surface area contributed by atoms with Crippen molar-refractivity contribution in [2.24, 2.45) is 0 Å². The molecular formula is C11H14O4. The van der Waals surface area contributed by atoms with Gasteiger partial charge in [0.15, 0.2) is 0 Å². The molecule has 15 heavy (non-hydrogen) atoms. The van der Waals surface area contributed by atoms with E-state index in [4.69, 9.17) is 5.11 Å². The Bertz CT molecular complexity index is 402. The van der Waals surface area contributed by atoms with E-state index in [1.807, 2.05) is 0 Å². The monoisotopic (exact) mass is 210 g/mol. The number of carboxylic acids is 1. The van der Waals surface area contributed by atoms with Crippen LogP contribution in [0.15, 0.2) is 12.1 Å². The first-order chi connectivity index (χ1) is 6.73. The SMILES string of the molecule is CC(C)(C)c1c(O)cc(O)cc1C(=O)O. The predicted molar refractivity (Wildman–Crippen MR) is 55.4 cm³/mol. The minimum Gasteiger partial charge on any atom is -0.508 e. The number of aromatic hydroxyl groups is 2. The number of hydrogen-bond donors (Lipinski definition) is 3. The molecule has 0 radical (unpaired) electrons. The standard InChI is InChI=1S/C11H14O4/c1-11(2,3)9-7(10(14)15)4-6(12)5-8(9)13/h4-5,12-13H,1-3H3,(H,14,15). The van der Waals surface area contributed by atoms with Crippen LogP contribution in [-0.2, 0) is 5.41 Å². The smallest absolute Gasteiger partial charge is 0.336 e. The van der Waals surface area contributed by atoms with Gasteiger partial charge in [0.05, 0.1) is 5.56 Å². The minimum atomic E-state index is -1.16. The van der Waals surface area contributed by atoms with Gasteiger partial charge in [-0.3, -0.25) is 0 Å². The molecule has 4 heteroatoms. The lowest BCUT2D eigenvalue weighted by Gasteiger charge is -2.22. The van der Waals surface area contributed by atoms with Crippen LogP contribution in [0.3, 0.4) is 0 Å². The summed E-state index contributed by atoms with van der Waals surface area (Å²) in [6.45, 7) is 5.39. The van der Waals surface area contributed by atoms with Crippen molar-refractivity contribution in [3.8, 4) is 11.5 Å². The molecule has 0 aromatic heterocycles. The van der Waals surface area contributed by atoms with Crippen molar-refractivity contribution in [3.05, 3.63) is 23.3 Å². The fraction of sp³-hybridized carbons (Fsp3) is 0.364. The molecule has 0 saturated carbocycles. The van der Waals surface area contributed by atoms with Crippen LogP contribution in [0.1, 0.15) is 36.7 Å². The number of phenols is 2. The van der Waals surface area contributed by atoms with Crippen LogP contribution < -0.4 is 0 Å². The van der Waals surface area contributed by atoms with Crippen LogP contribution >= 0.6 is 0 Å².